The highest BCUT2D eigenvalue weighted by molar-refractivity contribution is 5.46. The first kappa shape index (κ1) is 10.8. The van der Waals surface area contributed by atoms with Crippen molar-refractivity contribution in [1.82, 2.24) is 14.9 Å². The summed E-state index contributed by atoms with van der Waals surface area (Å²) in [6.45, 7) is 3.12. The van der Waals surface area contributed by atoms with E-state index in [9.17, 15) is 0 Å². The maximum atomic E-state index is 8.85. The van der Waals surface area contributed by atoms with Crippen LogP contribution in [-0.2, 0) is 0 Å². The standard InChI is InChI=1S/C11H15N5/c1-16-5-2-9(8-16)7-15-11-10(6-12)13-3-4-14-11/h3-4,9H,2,5,7-8H2,1H3,(H,14,15). The van der Waals surface area contributed by atoms with Gasteiger partial charge in [-0.15, -0.1) is 0 Å². The quantitative estimate of drug-likeness (QED) is 0.807. The lowest BCUT2D eigenvalue weighted by atomic mass is 10.1. The molecule has 0 radical (unpaired) electrons. The molecule has 0 amide bonds. The molecule has 5 heteroatoms. The Kier molecular flexibility index (Phi) is 3.32. The molecular weight excluding hydrogens is 202 g/mol. The summed E-state index contributed by atoms with van der Waals surface area (Å²) in [6, 6.07) is 2.03. The minimum atomic E-state index is 0.369. The van der Waals surface area contributed by atoms with Gasteiger partial charge in [-0.1, -0.05) is 0 Å². The highest BCUT2D eigenvalue weighted by Crippen LogP contribution is 2.15. The van der Waals surface area contributed by atoms with Crippen LogP contribution in [0.5, 0.6) is 0 Å². The summed E-state index contributed by atoms with van der Waals surface area (Å²) < 4.78 is 0. The minimum absolute atomic E-state index is 0.369. The molecule has 0 aliphatic carbocycles. The molecule has 1 aliphatic heterocycles. The summed E-state index contributed by atoms with van der Waals surface area (Å²) in [5, 5.41) is 12.1. The van der Waals surface area contributed by atoms with Crippen LogP contribution in [-0.4, -0.2) is 41.5 Å². The number of hydrogen-bond acceptors (Lipinski definition) is 5. The summed E-state index contributed by atoms with van der Waals surface area (Å²) in [4.78, 5) is 10.4. The van der Waals surface area contributed by atoms with Gasteiger partial charge in [0.25, 0.3) is 0 Å². The normalized spacial score (nSPS) is 20.6. The van der Waals surface area contributed by atoms with Crippen LogP contribution in [0.2, 0.25) is 0 Å². The monoisotopic (exact) mass is 217 g/mol. The van der Waals surface area contributed by atoms with E-state index in [2.05, 4.69) is 27.2 Å². The Hall–Kier alpha value is -1.67. The average molecular weight is 217 g/mol. The lowest BCUT2D eigenvalue weighted by Gasteiger charge is -2.12. The molecule has 0 spiro atoms. The van der Waals surface area contributed by atoms with Crippen molar-refractivity contribution in [3.05, 3.63) is 18.1 Å². The van der Waals surface area contributed by atoms with Crippen LogP contribution >= 0.6 is 0 Å². The Morgan fingerprint density at radius 1 is 1.56 bits per heavy atom. The molecule has 1 N–H and O–H groups in total. The predicted molar refractivity (Wildman–Crippen MR) is 60.8 cm³/mol. The third-order valence-electron chi connectivity index (χ3n) is 2.85. The summed E-state index contributed by atoms with van der Waals surface area (Å²) in [7, 11) is 2.13. The van der Waals surface area contributed by atoms with Gasteiger partial charge >= 0.3 is 0 Å². The van der Waals surface area contributed by atoms with E-state index in [0.717, 1.165) is 19.6 Å². The summed E-state index contributed by atoms with van der Waals surface area (Å²) in [5.41, 5.74) is 0.369. The zero-order chi connectivity index (χ0) is 11.4. The van der Waals surface area contributed by atoms with Crippen LogP contribution in [0.25, 0.3) is 0 Å². The summed E-state index contributed by atoms with van der Waals surface area (Å²) in [5.74, 6) is 1.23. The second-order valence-corrected chi connectivity index (χ2v) is 4.16. The molecular formula is C11H15N5. The van der Waals surface area contributed by atoms with E-state index in [-0.39, 0.29) is 0 Å². The molecule has 1 aromatic rings. The van der Waals surface area contributed by atoms with Crippen LogP contribution < -0.4 is 5.32 Å². The van der Waals surface area contributed by atoms with E-state index < -0.39 is 0 Å². The molecule has 1 fully saturated rings. The van der Waals surface area contributed by atoms with Crippen LogP contribution in [0.3, 0.4) is 0 Å². The Labute approximate surface area is 95.1 Å². The molecule has 1 unspecified atom stereocenters. The van der Waals surface area contributed by atoms with Gasteiger partial charge in [0.15, 0.2) is 11.5 Å². The smallest absolute Gasteiger partial charge is 0.182 e. The molecule has 0 bridgehead atoms. The van der Waals surface area contributed by atoms with Gasteiger partial charge < -0.3 is 10.2 Å². The van der Waals surface area contributed by atoms with Gasteiger partial charge in [0, 0.05) is 25.5 Å². The van der Waals surface area contributed by atoms with Gasteiger partial charge in [0.2, 0.25) is 0 Å². The highest BCUT2D eigenvalue weighted by Gasteiger charge is 2.19. The van der Waals surface area contributed by atoms with Gasteiger partial charge in [-0.25, -0.2) is 9.97 Å². The van der Waals surface area contributed by atoms with Crippen molar-refractivity contribution < 1.29 is 0 Å². The number of likely N-dealkylation sites (tertiary alicyclic amines) is 1. The third-order valence-corrected chi connectivity index (χ3v) is 2.85. The number of nitriles is 1. The van der Waals surface area contributed by atoms with Crippen LogP contribution in [0.1, 0.15) is 12.1 Å². The number of aromatic nitrogens is 2. The Morgan fingerprint density at radius 2 is 2.38 bits per heavy atom. The Bertz CT molecular complexity index is 398. The highest BCUT2D eigenvalue weighted by atomic mass is 15.1. The average Bonchev–Trinajstić information content (AvgIpc) is 2.73. The largest absolute Gasteiger partial charge is 0.367 e. The number of hydrogen-bond donors (Lipinski definition) is 1. The van der Waals surface area contributed by atoms with Crippen molar-refractivity contribution in [2.45, 2.75) is 6.42 Å². The van der Waals surface area contributed by atoms with Crippen molar-refractivity contribution in [3.8, 4) is 6.07 Å². The molecule has 0 saturated carbocycles. The van der Waals surface area contributed by atoms with E-state index in [4.69, 9.17) is 5.26 Å². The van der Waals surface area contributed by atoms with Gasteiger partial charge in [-0.05, 0) is 25.9 Å². The van der Waals surface area contributed by atoms with Crippen molar-refractivity contribution >= 4 is 5.82 Å². The fraction of sp³-hybridized carbons (Fsp3) is 0.545. The molecule has 1 aromatic heterocycles. The second kappa shape index (κ2) is 4.90. The number of nitrogens with zero attached hydrogens (tertiary/aromatic N) is 4. The SMILES string of the molecule is CN1CCC(CNc2nccnc2C#N)C1. The number of nitrogens with one attached hydrogen (secondary N) is 1. The molecule has 5 nitrogen and oxygen atoms in total. The summed E-state index contributed by atoms with van der Waals surface area (Å²) in [6.07, 6.45) is 4.34. The topological polar surface area (TPSA) is 64.8 Å². The molecule has 1 aliphatic rings. The van der Waals surface area contributed by atoms with Gasteiger partial charge in [0.1, 0.15) is 6.07 Å². The molecule has 1 saturated heterocycles. The van der Waals surface area contributed by atoms with Crippen LogP contribution in [0.4, 0.5) is 5.82 Å². The van der Waals surface area contributed by atoms with Crippen molar-refractivity contribution in [1.29, 1.82) is 5.26 Å². The van der Waals surface area contributed by atoms with Crippen molar-refractivity contribution in [2.75, 3.05) is 32.0 Å². The van der Waals surface area contributed by atoms with Crippen molar-refractivity contribution in [2.24, 2.45) is 5.92 Å². The minimum Gasteiger partial charge on any atom is -0.367 e. The van der Waals surface area contributed by atoms with E-state index in [1.165, 1.54) is 12.6 Å². The predicted octanol–water partition coefficient (Wildman–Crippen LogP) is 0.712. The lowest BCUT2D eigenvalue weighted by Crippen LogP contribution is -2.19. The molecule has 1 atom stereocenters. The van der Waals surface area contributed by atoms with Crippen LogP contribution in [0, 0.1) is 17.2 Å². The molecule has 84 valence electrons. The first-order valence-electron chi connectivity index (χ1n) is 5.43. The fourth-order valence-corrected chi connectivity index (χ4v) is 1.98. The van der Waals surface area contributed by atoms with Gasteiger partial charge in [0.05, 0.1) is 0 Å². The van der Waals surface area contributed by atoms with E-state index >= 15 is 0 Å². The van der Waals surface area contributed by atoms with Gasteiger partial charge in [-0.2, -0.15) is 5.26 Å². The first-order chi connectivity index (χ1) is 7.79. The zero-order valence-electron chi connectivity index (χ0n) is 9.35. The van der Waals surface area contributed by atoms with E-state index in [1.54, 1.807) is 6.20 Å². The number of anilines is 1. The second-order valence-electron chi connectivity index (χ2n) is 4.16. The van der Waals surface area contributed by atoms with E-state index in [1.807, 2.05) is 6.07 Å². The first-order valence-corrected chi connectivity index (χ1v) is 5.43. The maximum Gasteiger partial charge on any atom is 0.182 e. The summed E-state index contributed by atoms with van der Waals surface area (Å²) >= 11 is 0. The molecule has 2 heterocycles. The Balaban J connectivity index is 1.92. The van der Waals surface area contributed by atoms with Crippen LogP contribution in [0.15, 0.2) is 12.4 Å². The maximum absolute atomic E-state index is 8.85. The third kappa shape index (κ3) is 2.47. The molecule has 2 rings (SSSR count). The lowest BCUT2D eigenvalue weighted by molar-refractivity contribution is 0.399. The molecule has 0 aromatic carbocycles. The van der Waals surface area contributed by atoms with E-state index in [0.29, 0.717) is 17.4 Å². The van der Waals surface area contributed by atoms with Crippen molar-refractivity contribution in [3.63, 3.8) is 0 Å². The number of rotatable bonds is 3. The fourth-order valence-electron chi connectivity index (χ4n) is 1.98. The zero-order valence-corrected chi connectivity index (χ0v) is 9.35. The van der Waals surface area contributed by atoms with Gasteiger partial charge in [-0.3, -0.25) is 0 Å². The molecule has 16 heavy (non-hydrogen) atoms. The Morgan fingerprint density at radius 3 is 3.06 bits per heavy atom.